The van der Waals surface area contributed by atoms with Gasteiger partial charge in [0.15, 0.2) is 0 Å². The number of hydrogen-bond acceptors (Lipinski definition) is 4. The number of ether oxygens (including phenoxy) is 2. The lowest BCUT2D eigenvalue weighted by Crippen LogP contribution is -2.60. The Hall–Kier alpha value is -1.96. The van der Waals surface area contributed by atoms with E-state index in [-0.39, 0.29) is 11.9 Å². The SMILES string of the molecule is Cc1ccsc1-c1cc(F)ccc1NC(=O)OC1C[C@@H]2[C@H]3O[C@H]3[C@H](C1)[N+]2(C)C. The largest absolute Gasteiger partial charge is 0.445 e. The third kappa shape index (κ3) is 2.84. The molecule has 0 spiro atoms. The fraction of sp³-hybridized carbons (Fsp3) is 0.476. The summed E-state index contributed by atoms with van der Waals surface area (Å²) in [6.45, 7) is 1.98. The normalized spacial score (nSPS) is 31.9. The van der Waals surface area contributed by atoms with Gasteiger partial charge >= 0.3 is 6.09 Å². The van der Waals surface area contributed by atoms with Crippen LogP contribution in [-0.4, -0.2) is 55.1 Å². The zero-order valence-corrected chi connectivity index (χ0v) is 17.0. The van der Waals surface area contributed by atoms with Gasteiger partial charge < -0.3 is 14.0 Å². The van der Waals surface area contributed by atoms with Gasteiger partial charge in [-0.25, -0.2) is 9.18 Å². The number of fused-ring (bicyclic) bond motifs is 5. The molecule has 5 rings (SSSR count). The van der Waals surface area contributed by atoms with E-state index < -0.39 is 6.09 Å². The van der Waals surface area contributed by atoms with Crippen molar-refractivity contribution in [1.82, 2.24) is 0 Å². The number of halogens is 1. The molecule has 1 unspecified atom stereocenters. The third-order valence-corrected chi connectivity index (χ3v) is 7.69. The molecule has 7 heteroatoms. The number of epoxide rings is 1. The molecule has 28 heavy (non-hydrogen) atoms. The zero-order chi connectivity index (χ0) is 19.6. The number of aryl methyl sites for hydroxylation is 1. The maximum atomic E-state index is 13.8. The van der Waals surface area contributed by atoms with Gasteiger partial charge in [0.25, 0.3) is 0 Å². The van der Waals surface area contributed by atoms with Crippen LogP contribution in [0.15, 0.2) is 29.6 Å². The molecule has 148 valence electrons. The highest BCUT2D eigenvalue weighted by Gasteiger charge is 2.70. The number of nitrogens with zero attached hydrogens (tertiary/aromatic N) is 1. The van der Waals surface area contributed by atoms with Crippen LogP contribution < -0.4 is 5.32 Å². The number of morpholine rings is 1. The number of rotatable bonds is 3. The molecule has 0 aliphatic carbocycles. The fourth-order valence-electron chi connectivity index (χ4n) is 5.05. The smallest absolute Gasteiger partial charge is 0.411 e. The van der Waals surface area contributed by atoms with Gasteiger partial charge in [0, 0.05) is 23.3 Å². The number of benzene rings is 1. The summed E-state index contributed by atoms with van der Waals surface area (Å²) >= 11 is 1.53. The minimum atomic E-state index is -0.478. The summed E-state index contributed by atoms with van der Waals surface area (Å²) in [5.41, 5.74) is 2.30. The number of likely N-dealkylation sites (N-methyl/N-ethyl adjacent to an activating group) is 1. The van der Waals surface area contributed by atoms with E-state index >= 15 is 0 Å². The number of carbonyl (C=O) groups excluding carboxylic acids is 1. The van der Waals surface area contributed by atoms with Crippen LogP contribution in [0.3, 0.4) is 0 Å². The Morgan fingerprint density at radius 3 is 2.61 bits per heavy atom. The van der Waals surface area contributed by atoms with Crippen molar-refractivity contribution < 1.29 is 23.1 Å². The van der Waals surface area contributed by atoms with Crippen molar-refractivity contribution in [3.8, 4) is 10.4 Å². The topological polar surface area (TPSA) is 50.9 Å². The molecule has 3 saturated heterocycles. The maximum absolute atomic E-state index is 13.8. The van der Waals surface area contributed by atoms with Crippen LogP contribution in [0.5, 0.6) is 0 Å². The van der Waals surface area contributed by atoms with Gasteiger partial charge in [0.05, 0.1) is 19.8 Å². The van der Waals surface area contributed by atoms with Crippen molar-refractivity contribution in [2.75, 3.05) is 19.4 Å². The molecule has 5 nitrogen and oxygen atoms in total. The third-order valence-electron chi connectivity index (χ3n) is 6.64. The van der Waals surface area contributed by atoms with Gasteiger partial charge in [0.1, 0.15) is 36.2 Å². The molecule has 3 aliphatic rings. The standard InChI is InChI=1S/C21H23FN2O3S/c1-11-6-7-28-20(11)14-8-12(22)4-5-15(14)23-21(25)26-13-9-16-18-19(27-18)17(10-13)24(16,2)3/h4-8,13,16-19H,9-10H2,1-3H3/p+1/t13?,16-,17+,18-,19+. The Morgan fingerprint density at radius 2 is 1.96 bits per heavy atom. The zero-order valence-electron chi connectivity index (χ0n) is 16.1. The van der Waals surface area contributed by atoms with Crippen LogP contribution in [0.1, 0.15) is 18.4 Å². The van der Waals surface area contributed by atoms with E-state index in [0.717, 1.165) is 27.8 Å². The Labute approximate surface area is 167 Å². The number of quaternary nitrogens is 1. The summed E-state index contributed by atoms with van der Waals surface area (Å²) in [4.78, 5) is 13.5. The molecular formula is C21H24FN2O3S+. The second kappa shape index (κ2) is 6.27. The van der Waals surface area contributed by atoms with Gasteiger partial charge in [-0.3, -0.25) is 5.32 Å². The summed E-state index contributed by atoms with van der Waals surface area (Å²) < 4.78 is 26.3. The highest BCUT2D eigenvalue weighted by Crippen LogP contribution is 2.51. The first-order chi connectivity index (χ1) is 13.3. The molecule has 1 amide bonds. The first-order valence-corrected chi connectivity index (χ1v) is 10.5. The van der Waals surface area contributed by atoms with Crippen LogP contribution in [0.2, 0.25) is 0 Å². The van der Waals surface area contributed by atoms with Crippen LogP contribution in [0.4, 0.5) is 14.9 Å². The predicted molar refractivity (Wildman–Crippen MR) is 106 cm³/mol. The molecule has 4 heterocycles. The molecule has 3 aliphatic heterocycles. The van der Waals surface area contributed by atoms with Crippen LogP contribution in [-0.2, 0) is 9.47 Å². The number of piperidine rings is 1. The Kier molecular flexibility index (Phi) is 4.05. The Bertz CT molecular complexity index is 923. The van der Waals surface area contributed by atoms with E-state index in [1.54, 1.807) is 6.07 Å². The van der Waals surface area contributed by atoms with E-state index in [0.29, 0.717) is 35.5 Å². The highest BCUT2D eigenvalue weighted by atomic mass is 32.1. The predicted octanol–water partition coefficient (Wildman–Crippen LogP) is 4.17. The Morgan fingerprint density at radius 1 is 1.25 bits per heavy atom. The number of thiophene rings is 1. The molecular weight excluding hydrogens is 379 g/mol. The molecule has 2 aromatic rings. The lowest BCUT2D eigenvalue weighted by atomic mass is 9.96. The molecule has 1 aromatic heterocycles. The summed E-state index contributed by atoms with van der Waals surface area (Å²) in [5.74, 6) is -0.329. The lowest BCUT2D eigenvalue weighted by molar-refractivity contribution is -0.938. The first-order valence-electron chi connectivity index (χ1n) is 9.65. The van der Waals surface area contributed by atoms with Crippen LogP contribution in [0.25, 0.3) is 10.4 Å². The number of hydrogen-bond donors (Lipinski definition) is 1. The van der Waals surface area contributed by atoms with Crippen LogP contribution >= 0.6 is 11.3 Å². The summed E-state index contributed by atoms with van der Waals surface area (Å²) in [6, 6.07) is 7.17. The second-order valence-corrected chi connectivity index (χ2v) is 9.49. The number of carbonyl (C=O) groups is 1. The average molecular weight is 403 g/mol. The molecule has 1 aromatic carbocycles. The van der Waals surface area contributed by atoms with Gasteiger partial charge in [-0.15, -0.1) is 11.3 Å². The number of nitrogens with one attached hydrogen (secondary N) is 1. The van der Waals surface area contributed by atoms with Crippen molar-refractivity contribution in [3.63, 3.8) is 0 Å². The molecule has 3 fully saturated rings. The van der Waals surface area contributed by atoms with E-state index in [1.807, 2.05) is 18.4 Å². The monoisotopic (exact) mass is 403 g/mol. The molecule has 0 radical (unpaired) electrons. The molecule has 1 N–H and O–H groups in total. The van der Waals surface area contributed by atoms with Gasteiger partial charge in [-0.1, -0.05) is 0 Å². The maximum Gasteiger partial charge on any atom is 0.411 e. The minimum Gasteiger partial charge on any atom is -0.445 e. The molecule has 5 atom stereocenters. The van der Waals surface area contributed by atoms with Crippen molar-refractivity contribution in [2.45, 2.75) is 50.2 Å². The van der Waals surface area contributed by atoms with E-state index in [4.69, 9.17) is 9.47 Å². The summed E-state index contributed by atoms with van der Waals surface area (Å²) in [5, 5.41) is 4.80. The van der Waals surface area contributed by atoms with Crippen molar-refractivity contribution in [3.05, 3.63) is 41.0 Å². The van der Waals surface area contributed by atoms with E-state index in [1.165, 1.54) is 23.5 Å². The lowest BCUT2D eigenvalue weighted by Gasteiger charge is -2.45. The quantitative estimate of drug-likeness (QED) is 0.618. The average Bonchev–Trinajstić information content (AvgIpc) is 3.27. The second-order valence-electron chi connectivity index (χ2n) is 8.58. The van der Waals surface area contributed by atoms with Crippen molar-refractivity contribution in [1.29, 1.82) is 0 Å². The van der Waals surface area contributed by atoms with E-state index in [2.05, 4.69) is 19.4 Å². The fourth-order valence-corrected chi connectivity index (χ4v) is 6.01. The number of anilines is 1. The van der Waals surface area contributed by atoms with Crippen LogP contribution in [0, 0.1) is 12.7 Å². The van der Waals surface area contributed by atoms with Crippen molar-refractivity contribution >= 4 is 23.1 Å². The van der Waals surface area contributed by atoms with Crippen molar-refractivity contribution in [2.24, 2.45) is 0 Å². The van der Waals surface area contributed by atoms with Gasteiger partial charge in [-0.05, 0) is 42.1 Å². The Balaban J connectivity index is 1.30. The molecule has 0 saturated carbocycles. The van der Waals surface area contributed by atoms with E-state index in [9.17, 15) is 9.18 Å². The minimum absolute atomic E-state index is 0.107. The highest BCUT2D eigenvalue weighted by molar-refractivity contribution is 7.13. The number of amides is 1. The summed E-state index contributed by atoms with van der Waals surface area (Å²) in [7, 11) is 4.49. The molecule has 2 bridgehead atoms. The van der Waals surface area contributed by atoms with Gasteiger partial charge in [-0.2, -0.15) is 0 Å². The van der Waals surface area contributed by atoms with Gasteiger partial charge in [0.2, 0.25) is 0 Å². The first kappa shape index (κ1) is 18.1. The summed E-state index contributed by atoms with van der Waals surface area (Å²) in [6.07, 6.45) is 1.69.